The summed E-state index contributed by atoms with van der Waals surface area (Å²) in [6.45, 7) is 1.68. The number of fused-ring (bicyclic) bond motifs is 1. The number of nitrogens with one attached hydrogen (secondary N) is 1. The number of nitrogens with two attached hydrogens (primary N) is 1. The number of aromatic nitrogens is 2. The Morgan fingerprint density at radius 1 is 1.53 bits per heavy atom. The zero-order valence-corrected chi connectivity index (χ0v) is 10.5. The van der Waals surface area contributed by atoms with Gasteiger partial charge in [0.1, 0.15) is 6.61 Å². The molecule has 6 nitrogen and oxygen atoms in total. The third-order valence-electron chi connectivity index (χ3n) is 3.34. The average Bonchev–Trinajstić information content (AvgIpc) is 2.89. The first kappa shape index (κ1) is 12.1. The van der Waals surface area contributed by atoms with Crippen molar-refractivity contribution in [3.8, 4) is 0 Å². The Morgan fingerprint density at radius 2 is 2.42 bits per heavy atom. The summed E-state index contributed by atoms with van der Waals surface area (Å²) in [6, 6.07) is 5.96. The normalized spacial score (nSPS) is 20.2. The fourth-order valence-corrected chi connectivity index (χ4v) is 2.28. The van der Waals surface area contributed by atoms with Gasteiger partial charge in [0.2, 0.25) is 5.91 Å². The van der Waals surface area contributed by atoms with Gasteiger partial charge in [-0.05, 0) is 17.7 Å². The topological polar surface area (TPSA) is 84.2 Å². The molecule has 0 aliphatic carbocycles. The molecule has 1 saturated heterocycles. The van der Waals surface area contributed by atoms with Gasteiger partial charge in [-0.2, -0.15) is 0 Å². The molecular formula is C13H16N4O2. The van der Waals surface area contributed by atoms with Gasteiger partial charge in [-0.15, -0.1) is 0 Å². The van der Waals surface area contributed by atoms with Gasteiger partial charge >= 0.3 is 0 Å². The summed E-state index contributed by atoms with van der Waals surface area (Å²) in [7, 11) is 0. The van der Waals surface area contributed by atoms with Crippen LogP contribution in [0.5, 0.6) is 0 Å². The minimum absolute atomic E-state index is 0.00871. The molecule has 1 aliphatic rings. The Labute approximate surface area is 110 Å². The number of aromatic amines is 1. The number of ether oxygens (including phenoxy) is 1. The molecule has 0 spiro atoms. The van der Waals surface area contributed by atoms with E-state index in [1.54, 1.807) is 11.2 Å². The van der Waals surface area contributed by atoms with Crippen molar-refractivity contribution >= 4 is 16.9 Å². The third-order valence-corrected chi connectivity index (χ3v) is 3.34. The molecule has 1 aromatic heterocycles. The number of nitrogens with zero attached hydrogens (tertiary/aromatic N) is 2. The Bertz CT molecular complexity index is 595. The number of carbonyl (C=O) groups excluding carboxylic acids is 1. The van der Waals surface area contributed by atoms with Crippen molar-refractivity contribution in [2.24, 2.45) is 5.73 Å². The number of hydrogen-bond acceptors (Lipinski definition) is 4. The van der Waals surface area contributed by atoms with E-state index in [1.807, 2.05) is 18.2 Å². The predicted molar refractivity (Wildman–Crippen MR) is 70.3 cm³/mol. The van der Waals surface area contributed by atoms with Crippen LogP contribution in [0.25, 0.3) is 11.0 Å². The van der Waals surface area contributed by atoms with Crippen molar-refractivity contribution in [2.75, 3.05) is 19.7 Å². The quantitative estimate of drug-likeness (QED) is 0.828. The molecule has 19 heavy (non-hydrogen) atoms. The maximum Gasteiger partial charge on any atom is 0.248 e. The summed E-state index contributed by atoms with van der Waals surface area (Å²) in [5.41, 5.74) is 8.57. The van der Waals surface area contributed by atoms with Crippen LogP contribution in [0.1, 0.15) is 5.56 Å². The molecule has 0 bridgehead atoms. The van der Waals surface area contributed by atoms with Gasteiger partial charge in [0, 0.05) is 19.6 Å². The summed E-state index contributed by atoms with van der Waals surface area (Å²) in [4.78, 5) is 20.8. The third kappa shape index (κ3) is 2.45. The van der Waals surface area contributed by atoms with E-state index in [-0.39, 0.29) is 18.6 Å². The highest BCUT2D eigenvalue weighted by atomic mass is 16.5. The lowest BCUT2D eigenvalue weighted by atomic mass is 10.1. The standard InChI is InChI=1S/C13H16N4O2/c14-4-10-6-17(13(18)7-19-10)5-9-1-2-11-12(3-9)16-8-15-11/h1-3,8,10H,4-7,14H2,(H,15,16). The first-order valence-electron chi connectivity index (χ1n) is 6.27. The monoisotopic (exact) mass is 260 g/mol. The second kappa shape index (κ2) is 4.99. The maximum absolute atomic E-state index is 11.8. The van der Waals surface area contributed by atoms with E-state index in [0.717, 1.165) is 16.6 Å². The highest BCUT2D eigenvalue weighted by molar-refractivity contribution is 5.79. The number of hydrogen-bond donors (Lipinski definition) is 2. The van der Waals surface area contributed by atoms with Crippen LogP contribution in [0.4, 0.5) is 0 Å². The summed E-state index contributed by atoms with van der Waals surface area (Å²) in [5, 5.41) is 0. The molecule has 1 fully saturated rings. The summed E-state index contributed by atoms with van der Waals surface area (Å²) in [6.07, 6.45) is 1.60. The Balaban J connectivity index is 1.77. The van der Waals surface area contributed by atoms with Crippen molar-refractivity contribution in [3.63, 3.8) is 0 Å². The highest BCUT2D eigenvalue weighted by Crippen LogP contribution is 2.15. The minimum Gasteiger partial charge on any atom is -0.365 e. The lowest BCUT2D eigenvalue weighted by Gasteiger charge is -2.32. The SMILES string of the molecule is NCC1CN(Cc2ccc3nc[nH]c3c2)C(=O)CO1. The zero-order chi connectivity index (χ0) is 13.2. The molecular weight excluding hydrogens is 244 g/mol. The number of carbonyl (C=O) groups is 1. The van der Waals surface area contributed by atoms with Crippen molar-refractivity contribution < 1.29 is 9.53 Å². The van der Waals surface area contributed by atoms with E-state index in [2.05, 4.69) is 9.97 Å². The van der Waals surface area contributed by atoms with E-state index in [0.29, 0.717) is 19.6 Å². The lowest BCUT2D eigenvalue weighted by Crippen LogP contribution is -2.48. The van der Waals surface area contributed by atoms with Crippen molar-refractivity contribution in [2.45, 2.75) is 12.6 Å². The molecule has 1 aromatic carbocycles. The molecule has 0 saturated carbocycles. The molecule has 1 unspecified atom stereocenters. The second-order valence-corrected chi connectivity index (χ2v) is 4.70. The zero-order valence-electron chi connectivity index (χ0n) is 10.5. The highest BCUT2D eigenvalue weighted by Gasteiger charge is 2.25. The van der Waals surface area contributed by atoms with Gasteiger partial charge in [-0.25, -0.2) is 4.98 Å². The molecule has 100 valence electrons. The molecule has 2 heterocycles. The van der Waals surface area contributed by atoms with Crippen LogP contribution < -0.4 is 5.73 Å². The lowest BCUT2D eigenvalue weighted by molar-refractivity contribution is -0.149. The van der Waals surface area contributed by atoms with E-state index in [9.17, 15) is 4.79 Å². The van der Waals surface area contributed by atoms with Gasteiger partial charge in [-0.1, -0.05) is 6.07 Å². The summed E-state index contributed by atoms with van der Waals surface area (Å²) >= 11 is 0. The van der Waals surface area contributed by atoms with Gasteiger partial charge in [-0.3, -0.25) is 4.79 Å². The maximum atomic E-state index is 11.8. The van der Waals surface area contributed by atoms with Crippen LogP contribution in [-0.2, 0) is 16.1 Å². The fourth-order valence-electron chi connectivity index (χ4n) is 2.28. The van der Waals surface area contributed by atoms with Gasteiger partial charge in [0.15, 0.2) is 0 Å². The molecule has 0 radical (unpaired) electrons. The second-order valence-electron chi connectivity index (χ2n) is 4.70. The van der Waals surface area contributed by atoms with Crippen LogP contribution in [0.15, 0.2) is 24.5 Å². The average molecular weight is 260 g/mol. The van der Waals surface area contributed by atoms with Crippen molar-refractivity contribution in [3.05, 3.63) is 30.1 Å². The Hall–Kier alpha value is -1.92. The van der Waals surface area contributed by atoms with Crippen molar-refractivity contribution in [1.29, 1.82) is 0 Å². The van der Waals surface area contributed by atoms with Gasteiger partial charge in [0.05, 0.1) is 23.5 Å². The van der Waals surface area contributed by atoms with E-state index >= 15 is 0 Å². The van der Waals surface area contributed by atoms with E-state index < -0.39 is 0 Å². The van der Waals surface area contributed by atoms with E-state index in [1.165, 1.54) is 0 Å². The fraction of sp³-hybridized carbons (Fsp3) is 0.385. The smallest absolute Gasteiger partial charge is 0.248 e. The Morgan fingerprint density at radius 3 is 3.26 bits per heavy atom. The van der Waals surface area contributed by atoms with E-state index in [4.69, 9.17) is 10.5 Å². The molecule has 1 atom stereocenters. The summed E-state index contributed by atoms with van der Waals surface area (Å²) in [5.74, 6) is 0.00871. The largest absolute Gasteiger partial charge is 0.365 e. The molecule has 6 heteroatoms. The molecule has 1 aliphatic heterocycles. The minimum atomic E-state index is -0.0615. The molecule has 2 aromatic rings. The van der Waals surface area contributed by atoms with Crippen LogP contribution in [0.2, 0.25) is 0 Å². The Kier molecular flexibility index (Phi) is 3.18. The summed E-state index contributed by atoms with van der Waals surface area (Å²) < 4.78 is 5.33. The van der Waals surface area contributed by atoms with Gasteiger partial charge < -0.3 is 20.4 Å². The molecule has 1 amide bonds. The number of amides is 1. The molecule has 3 rings (SSSR count). The number of morpholine rings is 1. The molecule has 3 N–H and O–H groups in total. The van der Waals surface area contributed by atoms with Crippen LogP contribution in [0, 0.1) is 0 Å². The van der Waals surface area contributed by atoms with Crippen LogP contribution in [0.3, 0.4) is 0 Å². The number of rotatable bonds is 3. The van der Waals surface area contributed by atoms with Crippen LogP contribution in [-0.4, -0.2) is 46.6 Å². The number of imidazole rings is 1. The first-order valence-corrected chi connectivity index (χ1v) is 6.27. The first-order chi connectivity index (χ1) is 9.26. The number of benzene rings is 1. The predicted octanol–water partition coefficient (Wildman–Crippen LogP) is 0.249. The van der Waals surface area contributed by atoms with Gasteiger partial charge in [0.25, 0.3) is 0 Å². The van der Waals surface area contributed by atoms with Crippen molar-refractivity contribution in [1.82, 2.24) is 14.9 Å². The number of H-pyrrole nitrogens is 1. The van der Waals surface area contributed by atoms with Crippen LogP contribution >= 0.6 is 0 Å².